The number of rotatable bonds is 0. The molecule has 2 bridgehead atoms. The molecule has 0 aromatic carbocycles. The van der Waals surface area contributed by atoms with Gasteiger partial charge in [0.15, 0.2) is 5.78 Å². The van der Waals surface area contributed by atoms with Crippen LogP contribution in [-0.2, 0) is 9.53 Å². The van der Waals surface area contributed by atoms with Gasteiger partial charge in [-0.2, -0.15) is 0 Å². The highest BCUT2D eigenvalue weighted by Crippen LogP contribution is 2.58. The molecule has 4 unspecified atom stereocenters. The summed E-state index contributed by atoms with van der Waals surface area (Å²) in [4.78, 5) is 12.4. The van der Waals surface area contributed by atoms with Gasteiger partial charge in [-0.05, 0) is 36.5 Å². The lowest BCUT2D eigenvalue weighted by Gasteiger charge is -2.53. The van der Waals surface area contributed by atoms with Crippen molar-refractivity contribution in [2.24, 2.45) is 23.2 Å². The molecule has 4 atom stereocenters. The summed E-state index contributed by atoms with van der Waals surface area (Å²) in [6, 6.07) is 0. The van der Waals surface area contributed by atoms with E-state index in [-0.39, 0.29) is 18.1 Å². The molecule has 1 saturated heterocycles. The first-order valence-corrected chi connectivity index (χ1v) is 6.91. The third kappa shape index (κ3) is 1.60. The minimum atomic E-state index is -1.57. The molecule has 1 heterocycles. The molecular weight excluding hydrogens is 228 g/mol. The highest BCUT2D eigenvalue weighted by Gasteiger charge is 2.58. The molecule has 0 aromatic rings. The van der Waals surface area contributed by atoms with Crippen LogP contribution in [0.2, 0.25) is 0 Å². The summed E-state index contributed by atoms with van der Waals surface area (Å²) in [5, 5.41) is 10.3. The second-order valence-electron chi connectivity index (χ2n) is 6.99. The fraction of sp³-hybridized carbons (Fsp3) is 0.800. The number of carbonyl (C=O) groups is 1. The highest BCUT2D eigenvalue weighted by atomic mass is 16.6. The normalized spacial score (nSPS) is 46.7. The number of ketones is 1. The van der Waals surface area contributed by atoms with Crippen LogP contribution in [0, 0.1) is 23.2 Å². The van der Waals surface area contributed by atoms with E-state index in [0.29, 0.717) is 23.9 Å². The Kier molecular flexibility index (Phi) is 2.52. The van der Waals surface area contributed by atoms with Crippen LogP contribution >= 0.6 is 0 Å². The minimum Gasteiger partial charge on any atom is -0.359 e. The molecule has 100 valence electrons. The van der Waals surface area contributed by atoms with Gasteiger partial charge in [-0.15, -0.1) is 0 Å². The van der Waals surface area contributed by atoms with Crippen molar-refractivity contribution in [2.75, 3.05) is 6.61 Å². The molecule has 3 aliphatic rings. The molecule has 0 spiro atoms. The maximum atomic E-state index is 12.4. The molecule has 0 amide bonds. The molecular formula is C15H22O3. The molecule has 0 radical (unpaired) electrons. The lowest BCUT2D eigenvalue weighted by atomic mass is 9.51. The Labute approximate surface area is 108 Å². The standard InChI is InChI=1S/C15H22O3/c1-9-4-5-12-10(7-14(12,2)3)11-8-18-15(17,6-9)13(11)16/h10-12,17H,1,4-8H2,2-3H3. The van der Waals surface area contributed by atoms with Crippen LogP contribution in [-0.4, -0.2) is 23.3 Å². The number of carbonyl (C=O) groups excluding carboxylic acids is 1. The van der Waals surface area contributed by atoms with E-state index in [4.69, 9.17) is 4.74 Å². The predicted molar refractivity (Wildman–Crippen MR) is 67.8 cm³/mol. The third-order valence-electron chi connectivity index (χ3n) is 5.32. The summed E-state index contributed by atoms with van der Waals surface area (Å²) in [6.07, 6.45) is 3.34. The highest BCUT2D eigenvalue weighted by molar-refractivity contribution is 5.90. The Bertz CT molecular complexity index is 412. The Morgan fingerprint density at radius 3 is 2.83 bits per heavy atom. The zero-order valence-electron chi connectivity index (χ0n) is 11.2. The van der Waals surface area contributed by atoms with Crippen LogP contribution in [0.5, 0.6) is 0 Å². The van der Waals surface area contributed by atoms with Crippen LogP contribution in [0.3, 0.4) is 0 Å². The second-order valence-corrected chi connectivity index (χ2v) is 6.99. The molecule has 1 aliphatic heterocycles. The first-order chi connectivity index (χ1) is 8.33. The van der Waals surface area contributed by atoms with Gasteiger partial charge < -0.3 is 9.84 Å². The van der Waals surface area contributed by atoms with Gasteiger partial charge in [-0.25, -0.2) is 0 Å². The van der Waals surface area contributed by atoms with Crippen LogP contribution < -0.4 is 0 Å². The summed E-state index contributed by atoms with van der Waals surface area (Å²) in [6.45, 7) is 8.94. The summed E-state index contributed by atoms with van der Waals surface area (Å²) < 4.78 is 5.43. The Hall–Kier alpha value is -0.670. The fourth-order valence-electron chi connectivity index (χ4n) is 4.25. The van der Waals surface area contributed by atoms with Gasteiger partial charge in [0.2, 0.25) is 5.79 Å². The van der Waals surface area contributed by atoms with Gasteiger partial charge in [-0.3, -0.25) is 4.79 Å². The van der Waals surface area contributed by atoms with E-state index >= 15 is 0 Å². The van der Waals surface area contributed by atoms with Gasteiger partial charge >= 0.3 is 0 Å². The Morgan fingerprint density at radius 2 is 2.17 bits per heavy atom. The summed E-state index contributed by atoms with van der Waals surface area (Å²) in [5.74, 6) is -0.814. The second kappa shape index (κ2) is 3.67. The molecule has 18 heavy (non-hydrogen) atoms. The van der Waals surface area contributed by atoms with Crippen LogP contribution in [0.15, 0.2) is 12.2 Å². The van der Waals surface area contributed by atoms with E-state index < -0.39 is 5.79 Å². The third-order valence-corrected chi connectivity index (χ3v) is 5.32. The summed E-state index contributed by atoms with van der Waals surface area (Å²) >= 11 is 0. The fourth-order valence-corrected chi connectivity index (χ4v) is 4.25. The average molecular weight is 250 g/mol. The van der Waals surface area contributed by atoms with Gasteiger partial charge in [-0.1, -0.05) is 26.0 Å². The van der Waals surface area contributed by atoms with E-state index in [1.807, 2.05) is 0 Å². The number of hydrogen-bond acceptors (Lipinski definition) is 3. The lowest BCUT2D eigenvalue weighted by molar-refractivity contribution is -0.181. The van der Waals surface area contributed by atoms with Crippen LogP contribution in [0.25, 0.3) is 0 Å². The molecule has 1 N–H and O–H groups in total. The van der Waals surface area contributed by atoms with Gasteiger partial charge in [0, 0.05) is 6.42 Å². The van der Waals surface area contributed by atoms with Crippen molar-refractivity contribution in [1.29, 1.82) is 0 Å². The molecule has 2 saturated carbocycles. The molecule has 3 heteroatoms. The van der Waals surface area contributed by atoms with Crippen molar-refractivity contribution >= 4 is 5.78 Å². The largest absolute Gasteiger partial charge is 0.359 e. The first-order valence-electron chi connectivity index (χ1n) is 6.91. The van der Waals surface area contributed by atoms with Crippen molar-refractivity contribution in [1.82, 2.24) is 0 Å². The maximum absolute atomic E-state index is 12.4. The smallest absolute Gasteiger partial charge is 0.230 e. The number of hydrogen-bond donors (Lipinski definition) is 1. The zero-order valence-corrected chi connectivity index (χ0v) is 11.2. The minimum absolute atomic E-state index is 0.0982. The van der Waals surface area contributed by atoms with Crippen LogP contribution in [0.1, 0.15) is 39.5 Å². The number of Topliss-reactive ketones (excluding diaryl/α,β-unsaturated/α-hetero) is 1. The first kappa shape index (κ1) is 12.4. The average Bonchev–Trinajstić information content (AvgIpc) is 2.53. The van der Waals surface area contributed by atoms with E-state index in [1.54, 1.807) is 0 Å². The number of ether oxygens (including phenoxy) is 1. The number of fused-ring (bicyclic) bond motifs is 4. The van der Waals surface area contributed by atoms with Crippen molar-refractivity contribution in [3.05, 3.63) is 12.2 Å². The quantitative estimate of drug-likeness (QED) is 0.671. The van der Waals surface area contributed by atoms with Crippen LogP contribution in [0.4, 0.5) is 0 Å². The Balaban J connectivity index is 1.93. The SMILES string of the molecule is C=C1CCC2C(CC2(C)C)C2COC(O)(C1)C2=O. The maximum Gasteiger partial charge on any atom is 0.230 e. The number of aliphatic hydroxyl groups is 1. The van der Waals surface area contributed by atoms with E-state index in [2.05, 4.69) is 20.4 Å². The predicted octanol–water partition coefficient (Wildman–Crippen LogP) is 2.29. The summed E-state index contributed by atoms with van der Waals surface area (Å²) in [7, 11) is 0. The van der Waals surface area contributed by atoms with Crippen molar-refractivity contribution in [3.63, 3.8) is 0 Å². The molecule has 2 aliphatic carbocycles. The molecule has 3 rings (SSSR count). The van der Waals surface area contributed by atoms with Gasteiger partial charge in [0.1, 0.15) is 0 Å². The zero-order chi connectivity index (χ0) is 13.1. The van der Waals surface area contributed by atoms with E-state index in [9.17, 15) is 9.90 Å². The van der Waals surface area contributed by atoms with Crippen molar-refractivity contribution < 1.29 is 14.6 Å². The summed E-state index contributed by atoms with van der Waals surface area (Å²) in [5.41, 5.74) is 1.26. The van der Waals surface area contributed by atoms with E-state index in [0.717, 1.165) is 24.8 Å². The van der Waals surface area contributed by atoms with Gasteiger partial charge in [0.25, 0.3) is 0 Å². The lowest BCUT2D eigenvalue weighted by Crippen LogP contribution is -2.49. The molecule has 3 fully saturated rings. The monoisotopic (exact) mass is 250 g/mol. The van der Waals surface area contributed by atoms with Gasteiger partial charge in [0.05, 0.1) is 12.5 Å². The van der Waals surface area contributed by atoms with Crippen molar-refractivity contribution in [2.45, 2.75) is 45.3 Å². The van der Waals surface area contributed by atoms with Crippen molar-refractivity contribution in [3.8, 4) is 0 Å². The van der Waals surface area contributed by atoms with E-state index in [1.165, 1.54) is 0 Å². The topological polar surface area (TPSA) is 46.5 Å². The molecule has 0 aromatic heterocycles. The molecule has 3 nitrogen and oxygen atoms in total. The Morgan fingerprint density at radius 1 is 1.44 bits per heavy atom.